The molecule has 1 aliphatic heterocycles. The molecule has 3 nitrogen and oxygen atoms in total. The molecule has 0 bridgehead atoms. The Bertz CT molecular complexity index is 426. The summed E-state index contributed by atoms with van der Waals surface area (Å²) in [5, 5.41) is 8.49. The number of hydrogen-bond acceptors (Lipinski definition) is 3. The minimum absolute atomic E-state index is 0.878. The minimum Gasteiger partial charge on any atom is -0.379 e. The van der Waals surface area contributed by atoms with Gasteiger partial charge in [0.25, 0.3) is 0 Å². The summed E-state index contributed by atoms with van der Waals surface area (Å²) in [5.74, 6) is 0. The lowest BCUT2D eigenvalue weighted by atomic mass is 10.2. The number of nitrogens with zero attached hydrogens (tertiary/aromatic N) is 3. The second-order valence-electron chi connectivity index (χ2n) is 3.88. The number of benzene rings is 1. The summed E-state index contributed by atoms with van der Waals surface area (Å²) in [5.41, 5.74) is 1.93. The van der Waals surface area contributed by atoms with E-state index >= 15 is 0 Å². The fraction of sp³-hybridized carbons (Fsp3) is 0.333. The molecule has 2 rings (SSSR count). The van der Waals surface area contributed by atoms with Gasteiger partial charge >= 0.3 is 0 Å². The van der Waals surface area contributed by atoms with E-state index in [0.29, 0.717) is 0 Å². The lowest BCUT2D eigenvalue weighted by Gasteiger charge is -2.19. The summed E-state index contributed by atoms with van der Waals surface area (Å²) < 4.78 is 1.03. The molecule has 0 unspecified atom stereocenters. The smallest absolute Gasteiger partial charge is 0.0868 e. The van der Waals surface area contributed by atoms with Gasteiger partial charge in [0, 0.05) is 24.3 Å². The number of allylic oxidation sites excluding steroid dienone is 1. The van der Waals surface area contributed by atoms with Gasteiger partial charge in [-0.1, -0.05) is 22.0 Å². The highest BCUT2D eigenvalue weighted by Gasteiger charge is 2.05. The first-order valence-electron chi connectivity index (χ1n) is 5.32. The van der Waals surface area contributed by atoms with Gasteiger partial charge in [-0.3, -0.25) is 0 Å². The first-order chi connectivity index (χ1) is 7.74. The van der Waals surface area contributed by atoms with Crippen molar-refractivity contribution in [2.24, 2.45) is 10.2 Å². The molecule has 0 N–H and O–H groups in total. The first kappa shape index (κ1) is 11.3. The zero-order chi connectivity index (χ0) is 11.4. The molecule has 0 atom stereocenters. The van der Waals surface area contributed by atoms with Crippen molar-refractivity contribution in [2.75, 3.05) is 13.6 Å². The average Bonchev–Trinajstić information content (AvgIpc) is 2.27. The summed E-state index contributed by atoms with van der Waals surface area (Å²) >= 11 is 3.41. The largest absolute Gasteiger partial charge is 0.379 e. The maximum atomic E-state index is 4.27. The van der Waals surface area contributed by atoms with E-state index in [2.05, 4.69) is 44.3 Å². The maximum Gasteiger partial charge on any atom is 0.0868 e. The highest BCUT2D eigenvalue weighted by Crippen LogP contribution is 2.21. The van der Waals surface area contributed by atoms with E-state index in [1.54, 1.807) is 0 Å². The monoisotopic (exact) mass is 279 g/mol. The normalized spacial score (nSPS) is 16.6. The summed E-state index contributed by atoms with van der Waals surface area (Å²) in [6.45, 7) is 1.11. The van der Waals surface area contributed by atoms with Crippen LogP contribution in [0.1, 0.15) is 12.8 Å². The maximum absolute atomic E-state index is 4.27. The van der Waals surface area contributed by atoms with Crippen molar-refractivity contribution in [3.05, 3.63) is 40.6 Å². The molecule has 0 saturated carbocycles. The van der Waals surface area contributed by atoms with E-state index in [1.165, 1.54) is 0 Å². The molecular formula is C12H14BrN3. The molecule has 4 heteroatoms. The van der Waals surface area contributed by atoms with E-state index in [0.717, 1.165) is 35.2 Å². The predicted molar refractivity (Wildman–Crippen MR) is 68.6 cm³/mol. The van der Waals surface area contributed by atoms with Gasteiger partial charge in [-0.25, -0.2) is 0 Å². The van der Waals surface area contributed by atoms with E-state index < -0.39 is 0 Å². The molecule has 84 valence electrons. The van der Waals surface area contributed by atoms with Crippen LogP contribution in [0.3, 0.4) is 0 Å². The molecule has 1 aliphatic rings. The molecule has 1 heterocycles. The van der Waals surface area contributed by atoms with E-state index in [1.807, 2.05) is 24.3 Å². The van der Waals surface area contributed by atoms with Crippen molar-refractivity contribution >= 4 is 21.6 Å². The van der Waals surface area contributed by atoms with Crippen LogP contribution < -0.4 is 0 Å². The van der Waals surface area contributed by atoms with Crippen molar-refractivity contribution in [3.63, 3.8) is 0 Å². The molecule has 0 radical (unpaired) electrons. The summed E-state index contributed by atoms with van der Waals surface area (Å²) in [6, 6.07) is 7.84. The molecule has 0 aliphatic carbocycles. The minimum atomic E-state index is 0.878. The Labute approximate surface area is 104 Å². The van der Waals surface area contributed by atoms with E-state index in [9.17, 15) is 0 Å². The summed E-state index contributed by atoms with van der Waals surface area (Å²) in [4.78, 5) is 2.15. The van der Waals surface area contributed by atoms with Crippen molar-refractivity contribution in [3.8, 4) is 0 Å². The van der Waals surface area contributed by atoms with Crippen molar-refractivity contribution in [1.82, 2.24) is 4.90 Å². The van der Waals surface area contributed by atoms with Crippen LogP contribution >= 0.6 is 15.9 Å². The summed E-state index contributed by atoms with van der Waals surface area (Å²) in [6.07, 6.45) is 4.23. The number of rotatable bonds is 2. The fourth-order valence-corrected chi connectivity index (χ4v) is 2.02. The van der Waals surface area contributed by atoms with Gasteiger partial charge in [-0.15, -0.1) is 0 Å². The van der Waals surface area contributed by atoms with E-state index in [4.69, 9.17) is 0 Å². The van der Waals surface area contributed by atoms with Crippen LogP contribution in [0.5, 0.6) is 0 Å². The second-order valence-corrected chi connectivity index (χ2v) is 4.80. The number of halogens is 1. The molecule has 0 saturated heterocycles. The standard InChI is InChI=1S/C12H14BrN3/c1-16-7-3-6-12(9-16)15-14-11-5-2-4-10(13)8-11/h2,4-5,8-9H,3,6-7H2,1H3. The zero-order valence-electron chi connectivity index (χ0n) is 9.23. The summed E-state index contributed by atoms with van der Waals surface area (Å²) in [7, 11) is 2.06. The SMILES string of the molecule is CN1C=C(N=Nc2cccc(Br)c2)CCC1. The molecular weight excluding hydrogens is 266 g/mol. The third-order valence-corrected chi connectivity index (χ3v) is 2.91. The van der Waals surface area contributed by atoms with Crippen molar-refractivity contribution in [1.29, 1.82) is 0 Å². The van der Waals surface area contributed by atoms with Crippen molar-refractivity contribution in [2.45, 2.75) is 12.8 Å². The average molecular weight is 280 g/mol. The highest BCUT2D eigenvalue weighted by molar-refractivity contribution is 9.10. The third kappa shape index (κ3) is 3.17. The molecule has 1 aromatic carbocycles. The lowest BCUT2D eigenvalue weighted by Crippen LogP contribution is -2.16. The van der Waals surface area contributed by atoms with Crippen LogP contribution in [0.15, 0.2) is 50.9 Å². The molecule has 16 heavy (non-hydrogen) atoms. The van der Waals surface area contributed by atoms with Crippen LogP contribution in [0.2, 0.25) is 0 Å². The number of hydrogen-bond donors (Lipinski definition) is 0. The first-order valence-corrected chi connectivity index (χ1v) is 6.11. The molecule has 0 amide bonds. The van der Waals surface area contributed by atoms with Gasteiger partial charge in [0.1, 0.15) is 0 Å². The Kier molecular flexibility index (Phi) is 3.72. The van der Waals surface area contributed by atoms with Gasteiger partial charge in [-0.05, 0) is 31.0 Å². The third-order valence-electron chi connectivity index (χ3n) is 2.42. The Hall–Kier alpha value is -1.16. The molecule has 0 fully saturated rings. The van der Waals surface area contributed by atoms with Crippen LogP contribution in [0.25, 0.3) is 0 Å². The molecule has 0 aromatic heterocycles. The van der Waals surface area contributed by atoms with Crippen LogP contribution in [-0.2, 0) is 0 Å². The lowest BCUT2D eigenvalue weighted by molar-refractivity contribution is 0.414. The zero-order valence-corrected chi connectivity index (χ0v) is 10.8. The second kappa shape index (κ2) is 5.25. The quantitative estimate of drug-likeness (QED) is 0.749. The fourth-order valence-electron chi connectivity index (χ4n) is 1.63. The van der Waals surface area contributed by atoms with Crippen LogP contribution in [-0.4, -0.2) is 18.5 Å². The van der Waals surface area contributed by atoms with Crippen LogP contribution in [0.4, 0.5) is 5.69 Å². The van der Waals surface area contributed by atoms with E-state index in [-0.39, 0.29) is 0 Å². The topological polar surface area (TPSA) is 28.0 Å². The highest BCUT2D eigenvalue weighted by atomic mass is 79.9. The van der Waals surface area contributed by atoms with Gasteiger partial charge in [-0.2, -0.15) is 10.2 Å². The van der Waals surface area contributed by atoms with Crippen molar-refractivity contribution < 1.29 is 0 Å². The Balaban J connectivity index is 2.09. The molecule has 0 spiro atoms. The Morgan fingerprint density at radius 1 is 1.31 bits per heavy atom. The molecule has 1 aromatic rings. The Morgan fingerprint density at radius 3 is 2.94 bits per heavy atom. The Morgan fingerprint density at radius 2 is 2.19 bits per heavy atom. The predicted octanol–water partition coefficient (Wildman–Crippen LogP) is 4.10. The number of azo groups is 1. The van der Waals surface area contributed by atoms with Gasteiger partial charge in [0.2, 0.25) is 0 Å². The van der Waals surface area contributed by atoms with Gasteiger partial charge < -0.3 is 4.90 Å². The van der Waals surface area contributed by atoms with Gasteiger partial charge in [0.15, 0.2) is 0 Å². The van der Waals surface area contributed by atoms with Gasteiger partial charge in [0.05, 0.1) is 11.4 Å². The van der Waals surface area contributed by atoms with Crippen LogP contribution in [0, 0.1) is 0 Å².